The quantitative estimate of drug-likeness (QED) is 0.278. The second kappa shape index (κ2) is 12.4. The zero-order chi connectivity index (χ0) is 17.2. The predicted molar refractivity (Wildman–Crippen MR) is 114 cm³/mol. The molecule has 1 fully saturated rings. The van der Waals surface area contributed by atoms with Crippen LogP contribution in [0.25, 0.3) is 0 Å². The molecule has 1 aromatic carbocycles. The second-order valence-corrected chi connectivity index (χ2v) is 6.27. The van der Waals surface area contributed by atoms with Crippen LogP contribution >= 0.6 is 24.0 Å². The van der Waals surface area contributed by atoms with Gasteiger partial charge in [-0.3, -0.25) is 4.99 Å². The van der Waals surface area contributed by atoms with Gasteiger partial charge in [-0.2, -0.15) is 0 Å². The van der Waals surface area contributed by atoms with E-state index < -0.39 is 0 Å². The Morgan fingerprint density at radius 3 is 2.68 bits per heavy atom. The van der Waals surface area contributed by atoms with Crippen molar-refractivity contribution in [1.82, 2.24) is 10.2 Å². The summed E-state index contributed by atoms with van der Waals surface area (Å²) >= 11 is 0. The molecule has 0 atom stereocenters. The summed E-state index contributed by atoms with van der Waals surface area (Å²) < 4.78 is 11.3. The standard InChI is InChI=1S/C19H31N3O2.HI/c1-20-19(21-13-8-14-24-17-10-5-6-11-17)22(2)15-16-9-4-7-12-18(16)23-3;/h4,7,9,12,17H,5-6,8,10-11,13-15H2,1-3H3,(H,20,21);1H. The summed E-state index contributed by atoms with van der Waals surface area (Å²) in [7, 11) is 5.56. The average molecular weight is 461 g/mol. The highest BCUT2D eigenvalue weighted by Crippen LogP contribution is 2.21. The molecule has 0 aliphatic heterocycles. The average Bonchev–Trinajstić information content (AvgIpc) is 3.12. The van der Waals surface area contributed by atoms with Crippen molar-refractivity contribution in [3.8, 4) is 5.75 Å². The Hall–Kier alpha value is -1.02. The summed E-state index contributed by atoms with van der Waals surface area (Å²) in [6.07, 6.45) is 6.61. The highest BCUT2D eigenvalue weighted by Gasteiger charge is 2.14. The van der Waals surface area contributed by atoms with E-state index in [0.29, 0.717) is 6.10 Å². The van der Waals surface area contributed by atoms with Gasteiger partial charge in [0.05, 0.1) is 13.2 Å². The molecule has 0 radical (unpaired) electrons. The molecule has 142 valence electrons. The molecular weight excluding hydrogens is 429 g/mol. The fourth-order valence-electron chi connectivity index (χ4n) is 3.13. The van der Waals surface area contributed by atoms with E-state index in [1.807, 2.05) is 32.3 Å². The van der Waals surface area contributed by atoms with Gasteiger partial charge in [0, 0.05) is 39.4 Å². The van der Waals surface area contributed by atoms with Crippen molar-refractivity contribution in [2.24, 2.45) is 4.99 Å². The van der Waals surface area contributed by atoms with Crippen LogP contribution in [0.2, 0.25) is 0 Å². The van der Waals surface area contributed by atoms with E-state index in [1.165, 1.54) is 25.7 Å². The lowest BCUT2D eigenvalue weighted by Gasteiger charge is -2.23. The van der Waals surface area contributed by atoms with Crippen molar-refractivity contribution >= 4 is 29.9 Å². The number of benzene rings is 1. The van der Waals surface area contributed by atoms with E-state index in [-0.39, 0.29) is 24.0 Å². The number of para-hydroxylation sites is 1. The molecule has 0 aromatic heterocycles. The molecule has 1 aromatic rings. The van der Waals surface area contributed by atoms with Crippen LogP contribution in [0.15, 0.2) is 29.3 Å². The second-order valence-electron chi connectivity index (χ2n) is 6.27. The number of hydrogen-bond donors (Lipinski definition) is 1. The Morgan fingerprint density at radius 1 is 1.28 bits per heavy atom. The fraction of sp³-hybridized carbons (Fsp3) is 0.632. The summed E-state index contributed by atoms with van der Waals surface area (Å²) in [5.74, 6) is 1.80. The van der Waals surface area contributed by atoms with Crippen LogP contribution < -0.4 is 10.1 Å². The van der Waals surface area contributed by atoms with Gasteiger partial charge in [0.15, 0.2) is 5.96 Å². The number of guanidine groups is 1. The maximum Gasteiger partial charge on any atom is 0.193 e. The van der Waals surface area contributed by atoms with Crippen molar-refractivity contribution in [3.05, 3.63) is 29.8 Å². The summed E-state index contributed by atoms with van der Waals surface area (Å²) in [5, 5.41) is 3.41. The third-order valence-corrected chi connectivity index (χ3v) is 4.43. The van der Waals surface area contributed by atoms with Gasteiger partial charge in [-0.05, 0) is 25.3 Å². The third kappa shape index (κ3) is 7.40. The SMILES string of the molecule is CN=C(NCCCOC1CCCC1)N(C)Cc1ccccc1OC.I. The van der Waals surface area contributed by atoms with Gasteiger partial charge in [-0.15, -0.1) is 24.0 Å². The highest BCUT2D eigenvalue weighted by molar-refractivity contribution is 14.0. The van der Waals surface area contributed by atoms with Gasteiger partial charge in [0.25, 0.3) is 0 Å². The normalized spacial score (nSPS) is 14.9. The molecule has 1 N–H and O–H groups in total. The number of ether oxygens (including phenoxy) is 2. The molecule has 0 saturated heterocycles. The monoisotopic (exact) mass is 461 g/mol. The Bertz CT molecular complexity index is 519. The van der Waals surface area contributed by atoms with E-state index in [2.05, 4.69) is 21.3 Å². The molecule has 2 rings (SSSR count). The molecule has 0 amide bonds. The molecule has 0 spiro atoms. The van der Waals surface area contributed by atoms with Crippen LogP contribution in [0.3, 0.4) is 0 Å². The molecule has 1 aliphatic rings. The first-order valence-electron chi connectivity index (χ1n) is 8.90. The van der Waals surface area contributed by atoms with Gasteiger partial charge in [-0.25, -0.2) is 0 Å². The molecule has 1 aliphatic carbocycles. The van der Waals surface area contributed by atoms with Crippen LogP contribution in [-0.2, 0) is 11.3 Å². The Kier molecular flexibility index (Phi) is 10.9. The van der Waals surface area contributed by atoms with Crippen molar-refractivity contribution in [1.29, 1.82) is 0 Å². The lowest BCUT2D eigenvalue weighted by Crippen LogP contribution is -2.39. The predicted octanol–water partition coefficient (Wildman–Crippen LogP) is 3.67. The zero-order valence-electron chi connectivity index (χ0n) is 15.7. The van der Waals surface area contributed by atoms with E-state index in [9.17, 15) is 0 Å². The van der Waals surface area contributed by atoms with Crippen molar-refractivity contribution in [2.75, 3.05) is 34.4 Å². The van der Waals surface area contributed by atoms with Gasteiger partial charge in [0.1, 0.15) is 5.75 Å². The van der Waals surface area contributed by atoms with Crippen molar-refractivity contribution in [2.45, 2.75) is 44.8 Å². The van der Waals surface area contributed by atoms with E-state index in [0.717, 1.165) is 43.4 Å². The highest BCUT2D eigenvalue weighted by atomic mass is 127. The first-order valence-corrected chi connectivity index (χ1v) is 8.90. The minimum atomic E-state index is 0. The molecule has 0 heterocycles. The number of methoxy groups -OCH3 is 1. The summed E-state index contributed by atoms with van der Waals surface area (Å²) in [6.45, 7) is 2.45. The first kappa shape index (κ1) is 22.0. The lowest BCUT2D eigenvalue weighted by molar-refractivity contribution is 0.0573. The maximum absolute atomic E-state index is 5.89. The number of hydrogen-bond acceptors (Lipinski definition) is 3. The summed E-state index contributed by atoms with van der Waals surface area (Å²) in [4.78, 5) is 6.47. The van der Waals surface area contributed by atoms with Crippen LogP contribution in [0.4, 0.5) is 0 Å². The molecule has 0 bridgehead atoms. The largest absolute Gasteiger partial charge is 0.496 e. The Labute approximate surface area is 169 Å². The minimum Gasteiger partial charge on any atom is -0.496 e. The van der Waals surface area contributed by atoms with Crippen LogP contribution in [0.1, 0.15) is 37.7 Å². The molecule has 25 heavy (non-hydrogen) atoms. The zero-order valence-corrected chi connectivity index (χ0v) is 18.0. The van der Waals surface area contributed by atoms with Gasteiger partial charge < -0.3 is 19.7 Å². The third-order valence-electron chi connectivity index (χ3n) is 4.43. The molecule has 1 saturated carbocycles. The molecular formula is C19H32IN3O2. The molecule has 0 unspecified atom stereocenters. The van der Waals surface area contributed by atoms with E-state index >= 15 is 0 Å². The van der Waals surface area contributed by atoms with Gasteiger partial charge in [-0.1, -0.05) is 31.0 Å². The summed E-state index contributed by atoms with van der Waals surface area (Å²) in [5.41, 5.74) is 1.15. The van der Waals surface area contributed by atoms with Crippen molar-refractivity contribution in [3.63, 3.8) is 0 Å². The van der Waals surface area contributed by atoms with E-state index in [4.69, 9.17) is 9.47 Å². The molecule has 5 nitrogen and oxygen atoms in total. The Morgan fingerprint density at radius 2 is 2.00 bits per heavy atom. The number of aliphatic imine (C=N–C) groups is 1. The minimum absolute atomic E-state index is 0. The van der Waals surface area contributed by atoms with Crippen LogP contribution in [-0.4, -0.2) is 51.3 Å². The Balaban J connectivity index is 0.00000312. The topological polar surface area (TPSA) is 46.1 Å². The van der Waals surface area contributed by atoms with Crippen LogP contribution in [0.5, 0.6) is 5.75 Å². The smallest absolute Gasteiger partial charge is 0.193 e. The number of nitrogens with zero attached hydrogens (tertiary/aromatic N) is 2. The maximum atomic E-state index is 5.89. The number of rotatable bonds is 8. The van der Waals surface area contributed by atoms with Crippen molar-refractivity contribution < 1.29 is 9.47 Å². The van der Waals surface area contributed by atoms with Gasteiger partial charge >= 0.3 is 0 Å². The fourth-order valence-corrected chi connectivity index (χ4v) is 3.13. The van der Waals surface area contributed by atoms with Gasteiger partial charge in [0.2, 0.25) is 0 Å². The summed E-state index contributed by atoms with van der Waals surface area (Å²) in [6, 6.07) is 8.08. The number of halogens is 1. The van der Waals surface area contributed by atoms with Crippen LogP contribution in [0, 0.1) is 0 Å². The molecule has 6 heteroatoms. The van der Waals surface area contributed by atoms with E-state index in [1.54, 1.807) is 7.11 Å². The lowest BCUT2D eigenvalue weighted by atomic mass is 10.2. The number of nitrogens with one attached hydrogen (secondary N) is 1. The first-order chi connectivity index (χ1) is 11.7.